The van der Waals surface area contributed by atoms with Crippen molar-refractivity contribution in [2.75, 3.05) is 5.73 Å². The van der Waals surface area contributed by atoms with Crippen LogP contribution in [0.5, 0.6) is 0 Å². The summed E-state index contributed by atoms with van der Waals surface area (Å²) in [5, 5.41) is 0. The molecule has 1 fully saturated rings. The number of halogens is 2. The monoisotopic (exact) mass is 262 g/mol. The lowest BCUT2D eigenvalue weighted by atomic mass is 10.1. The first-order valence-corrected chi connectivity index (χ1v) is 6.05. The van der Waals surface area contributed by atoms with Crippen LogP contribution in [0.4, 0.5) is 14.7 Å². The molecule has 0 spiro atoms. The maximum absolute atomic E-state index is 13.1. The minimum atomic E-state index is -0.612. The number of nitrogens with zero attached hydrogens (tertiary/aromatic N) is 3. The molecule has 19 heavy (non-hydrogen) atoms. The molecule has 0 unspecified atom stereocenters. The molecule has 0 aliphatic heterocycles. The van der Waals surface area contributed by atoms with E-state index in [9.17, 15) is 8.78 Å². The van der Waals surface area contributed by atoms with Gasteiger partial charge in [-0.3, -0.25) is 0 Å². The number of nitrogens with two attached hydrogens (primary N) is 1. The lowest BCUT2D eigenvalue weighted by Crippen LogP contribution is -2.07. The van der Waals surface area contributed by atoms with Gasteiger partial charge in [0.1, 0.15) is 23.3 Å². The normalized spacial score (nSPS) is 14.6. The molecule has 0 amide bonds. The second-order valence-electron chi connectivity index (χ2n) is 4.70. The molecule has 6 heteroatoms. The van der Waals surface area contributed by atoms with Gasteiger partial charge in [0.2, 0.25) is 5.95 Å². The summed E-state index contributed by atoms with van der Waals surface area (Å²) in [6.45, 7) is 0. The van der Waals surface area contributed by atoms with Crippen molar-refractivity contribution >= 4 is 5.95 Å². The number of rotatable bonds is 3. The predicted molar refractivity (Wildman–Crippen MR) is 65.4 cm³/mol. The smallest absolute Gasteiger partial charge is 0.223 e. The molecule has 4 nitrogen and oxygen atoms in total. The number of hydrogen-bond acceptors (Lipinski definition) is 4. The highest BCUT2D eigenvalue weighted by atomic mass is 19.1. The second-order valence-corrected chi connectivity index (χ2v) is 4.70. The van der Waals surface area contributed by atoms with Crippen molar-refractivity contribution in [2.24, 2.45) is 0 Å². The largest absolute Gasteiger partial charge is 0.368 e. The molecule has 3 rings (SSSR count). The molecule has 0 atom stereocenters. The van der Waals surface area contributed by atoms with Gasteiger partial charge in [0.15, 0.2) is 0 Å². The lowest BCUT2D eigenvalue weighted by Gasteiger charge is -2.04. The van der Waals surface area contributed by atoms with Crippen LogP contribution in [0, 0.1) is 11.6 Å². The van der Waals surface area contributed by atoms with Crippen molar-refractivity contribution in [1.82, 2.24) is 15.0 Å². The van der Waals surface area contributed by atoms with Gasteiger partial charge in [0, 0.05) is 18.4 Å². The van der Waals surface area contributed by atoms with Gasteiger partial charge in [-0.25, -0.2) is 13.8 Å². The van der Waals surface area contributed by atoms with E-state index in [1.54, 1.807) is 0 Å². The highest BCUT2D eigenvalue weighted by molar-refractivity contribution is 5.25. The van der Waals surface area contributed by atoms with E-state index in [2.05, 4.69) is 15.0 Å². The van der Waals surface area contributed by atoms with Crippen LogP contribution in [-0.4, -0.2) is 15.0 Å². The average Bonchev–Trinajstić information content (AvgIpc) is 3.09. The standard InChI is InChI=1S/C13H12F2N4/c14-9-3-7(4-10(15)6-9)5-11-17-12(8-1-2-8)19-13(16)18-11/h3-4,6,8H,1-2,5H2,(H2,16,17,18,19). The van der Waals surface area contributed by atoms with Gasteiger partial charge in [-0.1, -0.05) is 0 Å². The van der Waals surface area contributed by atoms with Gasteiger partial charge < -0.3 is 5.73 Å². The maximum atomic E-state index is 13.1. The third kappa shape index (κ3) is 2.83. The quantitative estimate of drug-likeness (QED) is 0.921. The molecular weight excluding hydrogens is 250 g/mol. The Morgan fingerprint density at radius 1 is 1.05 bits per heavy atom. The zero-order chi connectivity index (χ0) is 13.4. The Balaban J connectivity index is 1.89. The van der Waals surface area contributed by atoms with Crippen LogP contribution < -0.4 is 5.73 Å². The first-order chi connectivity index (χ1) is 9.10. The number of aromatic nitrogens is 3. The number of hydrogen-bond donors (Lipinski definition) is 1. The van der Waals surface area contributed by atoms with Crippen molar-refractivity contribution < 1.29 is 8.78 Å². The summed E-state index contributed by atoms with van der Waals surface area (Å²) < 4.78 is 26.2. The molecule has 2 aromatic rings. The van der Waals surface area contributed by atoms with E-state index in [1.807, 2.05) is 0 Å². The van der Waals surface area contributed by atoms with E-state index in [1.165, 1.54) is 12.1 Å². The Kier molecular flexibility index (Phi) is 2.85. The Labute approximate surface area is 108 Å². The molecule has 1 heterocycles. The van der Waals surface area contributed by atoms with Gasteiger partial charge in [-0.05, 0) is 30.5 Å². The van der Waals surface area contributed by atoms with Gasteiger partial charge in [-0.15, -0.1) is 0 Å². The van der Waals surface area contributed by atoms with Crippen molar-refractivity contribution in [1.29, 1.82) is 0 Å². The summed E-state index contributed by atoms with van der Waals surface area (Å²) >= 11 is 0. The third-order valence-corrected chi connectivity index (χ3v) is 2.94. The third-order valence-electron chi connectivity index (χ3n) is 2.94. The summed E-state index contributed by atoms with van der Waals surface area (Å²) in [7, 11) is 0. The Bertz CT molecular complexity index is 606. The molecule has 2 N–H and O–H groups in total. The zero-order valence-corrected chi connectivity index (χ0v) is 10.1. The van der Waals surface area contributed by atoms with E-state index in [0.717, 1.165) is 18.9 Å². The van der Waals surface area contributed by atoms with Gasteiger partial charge in [0.25, 0.3) is 0 Å². The molecule has 0 radical (unpaired) electrons. The van der Waals surface area contributed by atoms with E-state index in [4.69, 9.17) is 5.73 Å². The summed E-state index contributed by atoms with van der Waals surface area (Å²) in [5.41, 5.74) is 6.10. The molecule has 98 valence electrons. The second kappa shape index (κ2) is 4.53. The number of anilines is 1. The molecular formula is C13H12F2N4. The molecule has 0 bridgehead atoms. The first-order valence-electron chi connectivity index (χ1n) is 6.05. The summed E-state index contributed by atoms with van der Waals surface area (Å²) in [6, 6.07) is 3.36. The van der Waals surface area contributed by atoms with Gasteiger partial charge in [-0.2, -0.15) is 9.97 Å². The van der Waals surface area contributed by atoms with Crippen molar-refractivity contribution in [2.45, 2.75) is 25.2 Å². The van der Waals surface area contributed by atoms with Crippen LogP contribution in [0.1, 0.15) is 36.0 Å². The average molecular weight is 262 g/mol. The van der Waals surface area contributed by atoms with Crippen molar-refractivity contribution in [3.63, 3.8) is 0 Å². The minimum absolute atomic E-state index is 0.156. The van der Waals surface area contributed by atoms with Crippen LogP contribution in [-0.2, 0) is 6.42 Å². The fraction of sp³-hybridized carbons (Fsp3) is 0.308. The SMILES string of the molecule is Nc1nc(Cc2cc(F)cc(F)c2)nc(C2CC2)n1. The molecule has 1 aliphatic carbocycles. The minimum Gasteiger partial charge on any atom is -0.368 e. The van der Waals surface area contributed by atoms with E-state index in [-0.39, 0.29) is 12.4 Å². The Morgan fingerprint density at radius 2 is 1.74 bits per heavy atom. The van der Waals surface area contributed by atoms with Crippen molar-refractivity contribution in [3.05, 3.63) is 47.0 Å². The summed E-state index contributed by atoms with van der Waals surface area (Å²) in [4.78, 5) is 12.4. The molecule has 1 aromatic carbocycles. The first kappa shape index (κ1) is 12.0. The van der Waals surface area contributed by atoms with Crippen molar-refractivity contribution in [3.8, 4) is 0 Å². The van der Waals surface area contributed by atoms with Crippen LogP contribution in [0.15, 0.2) is 18.2 Å². The Morgan fingerprint density at radius 3 is 2.37 bits per heavy atom. The number of nitrogen functional groups attached to an aromatic ring is 1. The van der Waals surface area contributed by atoms with Crippen LogP contribution >= 0.6 is 0 Å². The maximum Gasteiger partial charge on any atom is 0.223 e. The highest BCUT2D eigenvalue weighted by Crippen LogP contribution is 2.38. The summed E-state index contributed by atoms with van der Waals surface area (Å²) in [6.07, 6.45) is 2.34. The topological polar surface area (TPSA) is 64.7 Å². The highest BCUT2D eigenvalue weighted by Gasteiger charge is 2.27. The lowest BCUT2D eigenvalue weighted by molar-refractivity contribution is 0.580. The molecule has 1 aliphatic rings. The van der Waals surface area contributed by atoms with Crippen LogP contribution in [0.3, 0.4) is 0 Å². The summed E-state index contributed by atoms with van der Waals surface area (Å²) in [5.74, 6) is 0.412. The fourth-order valence-electron chi connectivity index (χ4n) is 1.96. The molecule has 1 aromatic heterocycles. The van der Waals surface area contributed by atoms with E-state index in [0.29, 0.717) is 23.1 Å². The predicted octanol–water partition coefficient (Wildman–Crippen LogP) is 2.20. The van der Waals surface area contributed by atoms with Crippen LogP contribution in [0.25, 0.3) is 0 Å². The van der Waals surface area contributed by atoms with Gasteiger partial charge >= 0.3 is 0 Å². The molecule has 0 saturated heterocycles. The molecule has 1 saturated carbocycles. The van der Waals surface area contributed by atoms with Gasteiger partial charge in [0.05, 0.1) is 0 Å². The van der Waals surface area contributed by atoms with Crippen LogP contribution in [0.2, 0.25) is 0 Å². The zero-order valence-electron chi connectivity index (χ0n) is 10.1. The fourth-order valence-corrected chi connectivity index (χ4v) is 1.96. The Hall–Kier alpha value is -2.11. The van der Waals surface area contributed by atoms with E-state index < -0.39 is 11.6 Å². The number of benzene rings is 1. The van der Waals surface area contributed by atoms with E-state index >= 15 is 0 Å².